The number of carbonyl (C=O) groups excluding carboxylic acids is 1. The maximum Gasteiger partial charge on any atom is 0.311 e. The Morgan fingerprint density at radius 1 is 0.789 bits per heavy atom. The number of hydrogen-bond acceptors (Lipinski definition) is 5. The predicted octanol–water partition coefficient (Wildman–Crippen LogP) is 6.01. The minimum absolute atomic E-state index is 0.0190. The highest BCUT2D eigenvalue weighted by atomic mass is 32.1. The second-order valence-electron chi connectivity index (χ2n) is 9.07. The zero-order chi connectivity index (χ0) is 26.5. The van der Waals surface area contributed by atoms with Gasteiger partial charge in [0.15, 0.2) is 5.78 Å². The molecule has 4 aromatic carbocycles. The van der Waals surface area contributed by atoms with Gasteiger partial charge < -0.3 is 9.84 Å². The number of carbonyl (C=O) groups is 1. The number of aromatic hydroxyl groups is 1. The molecule has 6 heteroatoms. The molecular weight excluding hydrogens is 494 g/mol. The van der Waals surface area contributed by atoms with Gasteiger partial charge in [0.2, 0.25) is 5.88 Å². The first-order chi connectivity index (χ1) is 18.5. The van der Waals surface area contributed by atoms with Gasteiger partial charge in [-0.3, -0.25) is 14.2 Å². The lowest BCUT2D eigenvalue weighted by Gasteiger charge is -2.37. The zero-order valence-electron chi connectivity index (χ0n) is 20.9. The molecule has 1 heterocycles. The van der Waals surface area contributed by atoms with Crippen LogP contribution in [0.25, 0.3) is 0 Å². The van der Waals surface area contributed by atoms with Crippen LogP contribution in [0.5, 0.6) is 11.6 Å². The molecule has 0 bridgehead atoms. The van der Waals surface area contributed by atoms with Crippen molar-refractivity contribution in [1.29, 1.82) is 0 Å². The monoisotopic (exact) mass is 521 g/mol. The van der Waals surface area contributed by atoms with Crippen molar-refractivity contribution in [2.45, 2.75) is 18.9 Å². The van der Waals surface area contributed by atoms with Crippen molar-refractivity contribution in [3.63, 3.8) is 0 Å². The van der Waals surface area contributed by atoms with Gasteiger partial charge in [0.25, 0.3) is 0 Å². The molecule has 0 amide bonds. The molecule has 190 valence electrons. The largest absolute Gasteiger partial charge is 0.494 e. The number of benzene rings is 4. The first kappa shape index (κ1) is 25.2. The number of Topliss-reactive ketones (excluding diaryl/α,β-unsaturated/α-hetero) is 1. The fourth-order valence-corrected chi connectivity index (χ4v) is 5.76. The highest BCUT2D eigenvalue weighted by Gasteiger charge is 2.42. The summed E-state index contributed by atoms with van der Waals surface area (Å²) in [6.07, 6.45) is 0.375. The van der Waals surface area contributed by atoms with E-state index in [2.05, 4.69) is 0 Å². The normalized spacial score (nSPS) is 11.3. The van der Waals surface area contributed by atoms with E-state index < -0.39 is 5.54 Å². The molecule has 0 saturated heterocycles. The minimum atomic E-state index is -1.08. The third-order valence-electron chi connectivity index (χ3n) is 6.49. The maximum absolute atomic E-state index is 13.8. The van der Waals surface area contributed by atoms with Crippen molar-refractivity contribution in [1.82, 2.24) is 4.57 Å². The number of nitrogens with zero attached hydrogens (tertiary/aromatic N) is 1. The van der Waals surface area contributed by atoms with Gasteiger partial charge in [-0.25, -0.2) is 0 Å². The van der Waals surface area contributed by atoms with E-state index >= 15 is 0 Å². The van der Waals surface area contributed by atoms with Gasteiger partial charge in [0.1, 0.15) is 17.9 Å². The van der Waals surface area contributed by atoms with Gasteiger partial charge in [-0.2, -0.15) is 0 Å². The number of hydrogen-bond donors (Lipinski definition) is 1. The molecule has 38 heavy (non-hydrogen) atoms. The zero-order valence-corrected chi connectivity index (χ0v) is 21.7. The number of rotatable bonds is 9. The highest BCUT2D eigenvalue weighted by molar-refractivity contribution is 7.09. The van der Waals surface area contributed by atoms with E-state index in [1.165, 1.54) is 11.5 Å². The lowest BCUT2D eigenvalue weighted by molar-refractivity contribution is -0.118. The van der Waals surface area contributed by atoms with Crippen LogP contribution in [-0.2, 0) is 16.8 Å². The molecule has 5 rings (SSSR count). The van der Waals surface area contributed by atoms with Gasteiger partial charge in [-0.15, -0.1) is 0 Å². The Labute approximate surface area is 225 Å². The number of aromatic nitrogens is 1. The molecule has 0 aliphatic carbocycles. The van der Waals surface area contributed by atoms with Crippen LogP contribution in [0.15, 0.2) is 120 Å². The predicted molar refractivity (Wildman–Crippen MR) is 150 cm³/mol. The molecular formula is C32H27NO4S. The molecule has 0 saturated carbocycles. The first-order valence-electron chi connectivity index (χ1n) is 12.3. The smallest absolute Gasteiger partial charge is 0.311 e. The van der Waals surface area contributed by atoms with Gasteiger partial charge in [0.05, 0.1) is 4.88 Å². The first-order valence-corrected chi connectivity index (χ1v) is 13.1. The molecule has 0 unspecified atom stereocenters. The summed E-state index contributed by atoms with van der Waals surface area (Å²) >= 11 is 1.05. The standard InChI is InChI=1S/C32H27NO4S/c1-23(34)22-37-28-19-17-24(18-20-28)21-29-30(35)33(31(36)38-29)32(25-11-5-2-6-12-25,26-13-7-3-8-14-26)27-15-9-4-10-16-27/h2-20,35H,21-22H2,1H3. The van der Waals surface area contributed by atoms with Crippen LogP contribution < -0.4 is 9.61 Å². The van der Waals surface area contributed by atoms with Crippen LogP contribution in [0.4, 0.5) is 0 Å². The molecule has 5 aromatic rings. The van der Waals surface area contributed by atoms with Crippen LogP contribution in [0, 0.1) is 0 Å². The summed E-state index contributed by atoms with van der Waals surface area (Å²) in [5.41, 5.74) is 2.43. The van der Waals surface area contributed by atoms with Crippen LogP contribution in [0.1, 0.15) is 34.1 Å². The van der Waals surface area contributed by atoms with Crippen LogP contribution >= 0.6 is 11.3 Å². The molecule has 0 atom stereocenters. The lowest BCUT2D eigenvalue weighted by Crippen LogP contribution is -2.42. The lowest BCUT2D eigenvalue weighted by atomic mass is 9.76. The van der Waals surface area contributed by atoms with Gasteiger partial charge >= 0.3 is 4.87 Å². The Bertz CT molecular complexity index is 1480. The summed E-state index contributed by atoms with van der Waals surface area (Å²) in [5, 5.41) is 11.7. The Morgan fingerprint density at radius 2 is 1.26 bits per heavy atom. The van der Waals surface area contributed by atoms with Crippen molar-refractivity contribution < 1.29 is 14.6 Å². The topological polar surface area (TPSA) is 68.5 Å². The molecule has 5 nitrogen and oxygen atoms in total. The fourth-order valence-electron chi connectivity index (χ4n) is 4.82. The Morgan fingerprint density at radius 3 is 1.71 bits per heavy atom. The summed E-state index contributed by atoms with van der Waals surface area (Å²) in [7, 11) is 0. The van der Waals surface area contributed by atoms with Crippen molar-refractivity contribution in [2.24, 2.45) is 0 Å². The Hall–Kier alpha value is -4.42. The summed E-state index contributed by atoms with van der Waals surface area (Å²) in [5.74, 6) is 0.479. The van der Waals surface area contributed by atoms with Gasteiger partial charge in [0, 0.05) is 6.42 Å². The third kappa shape index (κ3) is 4.78. The second kappa shape index (κ2) is 10.9. The molecule has 0 aliphatic heterocycles. The van der Waals surface area contributed by atoms with Gasteiger partial charge in [-0.05, 0) is 41.3 Å². The average Bonchev–Trinajstić information content (AvgIpc) is 3.23. The van der Waals surface area contributed by atoms with E-state index in [9.17, 15) is 14.7 Å². The summed E-state index contributed by atoms with van der Waals surface area (Å²) in [4.78, 5) is 25.3. The van der Waals surface area contributed by atoms with Crippen molar-refractivity contribution >= 4 is 17.1 Å². The van der Waals surface area contributed by atoms with Crippen molar-refractivity contribution in [3.05, 3.63) is 152 Å². The van der Waals surface area contributed by atoms with Crippen LogP contribution in [0.2, 0.25) is 0 Å². The number of ether oxygens (including phenoxy) is 1. The van der Waals surface area contributed by atoms with E-state index in [1.54, 1.807) is 12.1 Å². The van der Waals surface area contributed by atoms with Crippen molar-refractivity contribution in [3.8, 4) is 11.6 Å². The summed E-state index contributed by atoms with van der Waals surface area (Å²) < 4.78 is 6.99. The second-order valence-corrected chi connectivity index (χ2v) is 10.1. The van der Waals surface area contributed by atoms with E-state index in [4.69, 9.17) is 4.74 Å². The molecule has 1 aromatic heterocycles. The van der Waals surface area contributed by atoms with Crippen LogP contribution in [-0.4, -0.2) is 22.1 Å². The highest BCUT2D eigenvalue weighted by Crippen LogP contribution is 2.43. The summed E-state index contributed by atoms with van der Waals surface area (Å²) in [6.45, 7) is 1.50. The van der Waals surface area contributed by atoms with Crippen LogP contribution in [0.3, 0.4) is 0 Å². The quantitative estimate of drug-likeness (QED) is 0.241. The fraction of sp³-hybridized carbons (Fsp3) is 0.125. The SMILES string of the molecule is CC(=O)COc1ccc(Cc2sc(=O)n(C(c3ccccc3)(c3ccccc3)c3ccccc3)c2O)cc1. The maximum atomic E-state index is 13.8. The average molecular weight is 522 g/mol. The number of ketones is 1. The number of thiazole rings is 1. The molecule has 0 aliphatic rings. The third-order valence-corrected chi connectivity index (χ3v) is 7.43. The minimum Gasteiger partial charge on any atom is -0.494 e. The van der Waals surface area contributed by atoms with E-state index in [0.29, 0.717) is 17.0 Å². The molecule has 0 fully saturated rings. The van der Waals surface area contributed by atoms with Crippen molar-refractivity contribution in [2.75, 3.05) is 6.61 Å². The van der Waals surface area contributed by atoms with E-state index in [0.717, 1.165) is 33.6 Å². The Kier molecular flexibility index (Phi) is 7.24. The van der Waals surface area contributed by atoms with Gasteiger partial charge in [-0.1, -0.05) is 114 Å². The van der Waals surface area contributed by atoms with E-state index in [1.807, 2.05) is 103 Å². The molecule has 0 spiro atoms. The summed E-state index contributed by atoms with van der Waals surface area (Å²) in [6, 6.07) is 36.8. The Balaban J connectivity index is 1.66. The van der Waals surface area contributed by atoms with E-state index in [-0.39, 0.29) is 23.1 Å². The molecule has 1 N–H and O–H groups in total. The molecule has 0 radical (unpaired) electrons.